The largest absolute Gasteiger partial charge is 0.396 e. The molecule has 0 amide bonds. The van der Waals surface area contributed by atoms with Gasteiger partial charge in [-0.3, -0.25) is 0 Å². The maximum Gasteiger partial charge on any atom is 0.0639 e. The summed E-state index contributed by atoms with van der Waals surface area (Å²) in [7, 11) is -1.06. The van der Waals surface area contributed by atoms with Gasteiger partial charge in [0.2, 0.25) is 0 Å². The van der Waals surface area contributed by atoms with Gasteiger partial charge < -0.3 is 5.11 Å². The third-order valence-corrected chi connectivity index (χ3v) is 6.22. The van der Waals surface area contributed by atoms with Gasteiger partial charge in [-0.25, -0.2) is 0 Å². The van der Waals surface area contributed by atoms with E-state index in [9.17, 15) is 0 Å². The van der Waals surface area contributed by atoms with Crippen LogP contribution in [0.3, 0.4) is 0 Å². The molecule has 0 atom stereocenters. The molecule has 0 bridgehead atoms. The summed E-state index contributed by atoms with van der Waals surface area (Å²) in [6.45, 7) is 4.90. The number of aliphatic hydroxyl groups excluding tert-OH is 1. The van der Waals surface area contributed by atoms with E-state index in [2.05, 4.69) is 13.1 Å². The summed E-state index contributed by atoms with van der Waals surface area (Å²) in [4.78, 5) is 0. The minimum atomic E-state index is -1.06. The van der Waals surface area contributed by atoms with Gasteiger partial charge in [-0.1, -0.05) is 25.6 Å². The smallest absolute Gasteiger partial charge is 0.0639 e. The summed E-state index contributed by atoms with van der Waals surface area (Å²) in [6.07, 6.45) is 2.08. The number of alkyl halides is 1. The van der Waals surface area contributed by atoms with E-state index in [0.29, 0.717) is 6.61 Å². The molecule has 3 heteroatoms. The Kier molecular flexibility index (Phi) is 5.40. The quantitative estimate of drug-likeness (QED) is 0.391. The van der Waals surface area contributed by atoms with Crippen molar-refractivity contribution in [3.63, 3.8) is 0 Å². The Morgan fingerprint density at radius 3 is 2.30 bits per heavy atom. The van der Waals surface area contributed by atoms with Gasteiger partial charge in [-0.2, -0.15) is 0 Å². The van der Waals surface area contributed by atoms with Crippen molar-refractivity contribution in [2.24, 2.45) is 0 Å². The third-order valence-electron chi connectivity index (χ3n) is 1.62. The number of halogens is 1. The first-order chi connectivity index (χ1) is 4.62. The monoisotopic (exact) mass is 180 g/mol. The van der Waals surface area contributed by atoms with Gasteiger partial charge in [-0.05, 0) is 6.42 Å². The van der Waals surface area contributed by atoms with Crippen molar-refractivity contribution in [2.45, 2.75) is 32.0 Å². The molecule has 0 aromatic carbocycles. The molecule has 1 nitrogen and oxygen atoms in total. The van der Waals surface area contributed by atoms with Crippen LogP contribution in [0.2, 0.25) is 19.1 Å². The normalized spacial score (nSPS) is 12.0. The van der Waals surface area contributed by atoms with Gasteiger partial charge in [0.1, 0.15) is 0 Å². The highest BCUT2D eigenvalue weighted by atomic mass is 35.5. The van der Waals surface area contributed by atoms with Crippen LogP contribution in [-0.2, 0) is 0 Å². The Hall–Kier alpha value is 0.467. The van der Waals surface area contributed by atoms with E-state index in [1.807, 2.05) is 0 Å². The van der Waals surface area contributed by atoms with Crippen molar-refractivity contribution < 1.29 is 5.11 Å². The van der Waals surface area contributed by atoms with Crippen molar-refractivity contribution in [3.05, 3.63) is 0 Å². The number of rotatable bonds is 5. The lowest BCUT2D eigenvalue weighted by Gasteiger charge is -2.17. The van der Waals surface area contributed by atoms with Crippen LogP contribution in [0, 0.1) is 0 Å². The van der Waals surface area contributed by atoms with Gasteiger partial charge in [0.05, 0.1) is 8.07 Å². The first kappa shape index (κ1) is 10.5. The van der Waals surface area contributed by atoms with Crippen molar-refractivity contribution in [1.29, 1.82) is 0 Å². The van der Waals surface area contributed by atoms with Crippen molar-refractivity contribution in [2.75, 3.05) is 12.1 Å². The predicted molar refractivity (Wildman–Crippen MR) is 49.3 cm³/mol. The topological polar surface area (TPSA) is 20.2 Å². The molecule has 0 aliphatic rings. The van der Waals surface area contributed by atoms with Crippen LogP contribution in [0.4, 0.5) is 0 Å². The number of unbranched alkanes of at least 4 members (excludes halogenated alkanes) is 1. The molecule has 0 spiro atoms. The fraction of sp³-hybridized carbons (Fsp3) is 1.00. The predicted octanol–water partition coefficient (Wildman–Crippen LogP) is 2.25. The Labute approximate surface area is 69.4 Å². The van der Waals surface area contributed by atoms with E-state index in [0.717, 1.165) is 18.3 Å². The number of hydrogen-bond donors (Lipinski definition) is 1. The molecule has 1 N–H and O–H groups in total. The minimum Gasteiger partial charge on any atom is -0.396 e. The molecule has 0 heterocycles. The lowest BCUT2D eigenvalue weighted by atomic mass is 10.4. The van der Waals surface area contributed by atoms with Crippen LogP contribution in [-0.4, -0.2) is 25.3 Å². The highest BCUT2D eigenvalue weighted by molar-refractivity contribution is 6.83. The molecule has 10 heavy (non-hydrogen) atoms. The minimum absolute atomic E-state index is 0.326. The fourth-order valence-electron chi connectivity index (χ4n) is 0.782. The van der Waals surface area contributed by atoms with Crippen LogP contribution in [0.25, 0.3) is 0 Å². The summed E-state index contributed by atoms with van der Waals surface area (Å²) in [5, 5.41) is 8.52. The summed E-state index contributed by atoms with van der Waals surface area (Å²) in [5.41, 5.74) is 0.846. The van der Waals surface area contributed by atoms with Gasteiger partial charge in [-0.15, -0.1) is 11.6 Å². The molecule has 0 fully saturated rings. The van der Waals surface area contributed by atoms with E-state index in [-0.39, 0.29) is 0 Å². The molecule has 0 saturated carbocycles. The van der Waals surface area contributed by atoms with Crippen LogP contribution in [0.15, 0.2) is 0 Å². The summed E-state index contributed by atoms with van der Waals surface area (Å²) in [5.74, 6) is 0. The van der Waals surface area contributed by atoms with Crippen LogP contribution in [0.1, 0.15) is 12.8 Å². The van der Waals surface area contributed by atoms with Gasteiger partial charge in [0.15, 0.2) is 0 Å². The van der Waals surface area contributed by atoms with Crippen LogP contribution in [0.5, 0.6) is 0 Å². The Bertz CT molecular complexity index is 85.7. The van der Waals surface area contributed by atoms with Crippen molar-refractivity contribution in [3.8, 4) is 0 Å². The Balaban J connectivity index is 3.28. The Morgan fingerprint density at radius 1 is 1.30 bits per heavy atom. The highest BCUT2D eigenvalue weighted by Crippen LogP contribution is 2.14. The average molecular weight is 181 g/mol. The summed E-state index contributed by atoms with van der Waals surface area (Å²) in [6, 6.07) is 1.25. The maximum absolute atomic E-state index is 8.52. The zero-order valence-electron chi connectivity index (χ0n) is 6.86. The molecule has 0 aliphatic carbocycles. The SMILES string of the molecule is C[Si](C)(CCl)CCCCO. The van der Waals surface area contributed by atoms with E-state index in [1.165, 1.54) is 6.04 Å². The molecule has 0 aliphatic heterocycles. The van der Waals surface area contributed by atoms with E-state index in [4.69, 9.17) is 16.7 Å². The van der Waals surface area contributed by atoms with Crippen LogP contribution >= 0.6 is 11.6 Å². The van der Waals surface area contributed by atoms with Gasteiger partial charge in [0.25, 0.3) is 0 Å². The molecule has 62 valence electrons. The lowest BCUT2D eigenvalue weighted by Crippen LogP contribution is -2.27. The van der Waals surface area contributed by atoms with E-state index >= 15 is 0 Å². The number of hydrogen-bond acceptors (Lipinski definition) is 1. The molecule has 0 radical (unpaired) electrons. The Morgan fingerprint density at radius 2 is 1.90 bits per heavy atom. The van der Waals surface area contributed by atoms with Crippen molar-refractivity contribution >= 4 is 19.7 Å². The lowest BCUT2D eigenvalue weighted by molar-refractivity contribution is 0.287. The second-order valence-electron chi connectivity index (χ2n) is 3.48. The standard InChI is InChI=1S/C7H17ClOSi/c1-10(2,7-8)6-4-3-5-9/h9H,3-7H2,1-2H3. The van der Waals surface area contributed by atoms with Gasteiger partial charge >= 0.3 is 0 Å². The summed E-state index contributed by atoms with van der Waals surface area (Å²) < 4.78 is 0. The molecular weight excluding hydrogens is 164 g/mol. The molecule has 0 aromatic rings. The molecule has 0 aromatic heterocycles. The van der Waals surface area contributed by atoms with E-state index < -0.39 is 8.07 Å². The number of aliphatic hydroxyl groups is 1. The zero-order valence-corrected chi connectivity index (χ0v) is 8.62. The zero-order chi connectivity index (χ0) is 8.04. The summed E-state index contributed by atoms with van der Waals surface area (Å²) >= 11 is 5.77. The van der Waals surface area contributed by atoms with Crippen molar-refractivity contribution in [1.82, 2.24) is 0 Å². The molecule has 0 saturated heterocycles. The first-order valence-corrected chi connectivity index (χ1v) is 7.74. The second kappa shape index (κ2) is 5.16. The average Bonchev–Trinajstić information content (AvgIpc) is 1.89. The van der Waals surface area contributed by atoms with Gasteiger partial charge in [0, 0.05) is 12.1 Å². The van der Waals surface area contributed by atoms with Crippen LogP contribution < -0.4 is 0 Å². The fourth-order valence-corrected chi connectivity index (χ4v) is 2.52. The second-order valence-corrected chi connectivity index (χ2v) is 9.38. The third kappa shape index (κ3) is 5.27. The first-order valence-electron chi connectivity index (χ1n) is 3.79. The molecule has 0 unspecified atom stereocenters. The maximum atomic E-state index is 8.52. The molecule has 0 rings (SSSR count). The van der Waals surface area contributed by atoms with E-state index in [1.54, 1.807) is 0 Å². The molecular formula is C7H17ClOSi. The highest BCUT2D eigenvalue weighted by Gasteiger charge is 2.17.